The lowest BCUT2D eigenvalue weighted by Gasteiger charge is -2.03. The van der Waals surface area contributed by atoms with E-state index in [1.165, 1.54) is 11.8 Å². The lowest BCUT2D eigenvalue weighted by molar-refractivity contribution is -0.139. The van der Waals surface area contributed by atoms with Crippen LogP contribution in [0.4, 0.5) is 0 Å². The number of fused-ring (bicyclic) bond motifs is 1. The Labute approximate surface area is 130 Å². The van der Waals surface area contributed by atoms with Gasteiger partial charge in [-0.1, -0.05) is 11.8 Å². The Morgan fingerprint density at radius 3 is 3.00 bits per heavy atom. The number of rotatable bonds is 5. The van der Waals surface area contributed by atoms with Gasteiger partial charge in [-0.3, -0.25) is 9.78 Å². The van der Waals surface area contributed by atoms with Crippen LogP contribution in [0.5, 0.6) is 0 Å². The van der Waals surface area contributed by atoms with Gasteiger partial charge in [0, 0.05) is 18.0 Å². The van der Waals surface area contributed by atoms with Crippen molar-refractivity contribution in [3.63, 3.8) is 0 Å². The normalized spacial score (nSPS) is 10.8. The molecule has 0 amide bonds. The molecule has 3 rings (SSSR count). The monoisotopic (exact) mass is 315 g/mol. The van der Waals surface area contributed by atoms with Gasteiger partial charge in [0.25, 0.3) is 0 Å². The highest BCUT2D eigenvalue weighted by Crippen LogP contribution is 2.20. The van der Waals surface area contributed by atoms with E-state index in [0.29, 0.717) is 17.4 Å². The number of carbonyl (C=O) groups excluding carboxylic acids is 1. The van der Waals surface area contributed by atoms with Crippen molar-refractivity contribution in [1.82, 2.24) is 24.8 Å². The van der Waals surface area contributed by atoms with E-state index in [-0.39, 0.29) is 11.7 Å². The fraction of sp³-hybridized carbons (Fsp3) is 0.214. The molecule has 0 N–H and O–H groups in total. The van der Waals surface area contributed by atoms with Gasteiger partial charge in [-0.25, -0.2) is 0 Å². The standard InChI is InChI=1S/C14H13N5O2S/c1-2-21-13(20)9-22-14-17-16-12-6-5-11(18-19(12)14)10-4-3-7-15-8-10/h3-8H,2,9H2,1H3. The van der Waals surface area contributed by atoms with Crippen LogP contribution in [0.15, 0.2) is 41.8 Å². The van der Waals surface area contributed by atoms with Crippen LogP contribution in [0.2, 0.25) is 0 Å². The Balaban J connectivity index is 1.87. The molecule has 7 nitrogen and oxygen atoms in total. The summed E-state index contributed by atoms with van der Waals surface area (Å²) < 4.78 is 6.52. The third kappa shape index (κ3) is 3.06. The number of hydrogen-bond acceptors (Lipinski definition) is 7. The number of esters is 1. The summed E-state index contributed by atoms with van der Waals surface area (Å²) in [7, 11) is 0. The predicted molar refractivity (Wildman–Crippen MR) is 81.4 cm³/mol. The molecule has 0 saturated heterocycles. The molecule has 0 aromatic carbocycles. The molecule has 0 radical (unpaired) electrons. The Kier molecular flexibility index (Phi) is 4.29. The van der Waals surface area contributed by atoms with Gasteiger partial charge >= 0.3 is 5.97 Å². The first-order chi connectivity index (χ1) is 10.8. The molecular weight excluding hydrogens is 302 g/mol. The molecule has 0 aliphatic carbocycles. The van der Waals surface area contributed by atoms with Crippen LogP contribution in [0.25, 0.3) is 16.9 Å². The molecule has 112 valence electrons. The summed E-state index contributed by atoms with van der Waals surface area (Å²) in [5, 5.41) is 13.1. The van der Waals surface area contributed by atoms with Gasteiger partial charge in [0.05, 0.1) is 18.1 Å². The molecule has 0 fully saturated rings. The maximum absolute atomic E-state index is 11.4. The van der Waals surface area contributed by atoms with Gasteiger partial charge in [-0.15, -0.1) is 10.2 Å². The van der Waals surface area contributed by atoms with E-state index in [9.17, 15) is 4.79 Å². The minimum absolute atomic E-state index is 0.174. The summed E-state index contributed by atoms with van der Waals surface area (Å²) in [6.07, 6.45) is 3.45. The van der Waals surface area contributed by atoms with E-state index >= 15 is 0 Å². The van der Waals surface area contributed by atoms with Crippen LogP contribution in [-0.4, -0.2) is 43.1 Å². The first-order valence-corrected chi connectivity index (χ1v) is 7.68. The molecule has 0 aliphatic rings. The highest BCUT2D eigenvalue weighted by Gasteiger charge is 2.11. The lowest BCUT2D eigenvalue weighted by atomic mass is 10.2. The van der Waals surface area contributed by atoms with E-state index in [4.69, 9.17) is 4.74 Å². The van der Waals surface area contributed by atoms with Gasteiger partial charge in [0.1, 0.15) is 0 Å². The third-order valence-corrected chi connectivity index (χ3v) is 3.71. The molecule has 3 heterocycles. The zero-order valence-electron chi connectivity index (χ0n) is 11.8. The van der Waals surface area contributed by atoms with Crippen LogP contribution in [0, 0.1) is 0 Å². The van der Waals surface area contributed by atoms with E-state index in [1.807, 2.05) is 24.3 Å². The second kappa shape index (κ2) is 6.52. The van der Waals surface area contributed by atoms with Crippen LogP contribution in [-0.2, 0) is 9.53 Å². The molecule has 22 heavy (non-hydrogen) atoms. The average Bonchev–Trinajstić information content (AvgIpc) is 2.96. The molecule has 0 bridgehead atoms. The topological polar surface area (TPSA) is 82.3 Å². The highest BCUT2D eigenvalue weighted by atomic mass is 32.2. The largest absolute Gasteiger partial charge is 0.465 e. The van der Waals surface area contributed by atoms with Crippen LogP contribution >= 0.6 is 11.8 Å². The van der Waals surface area contributed by atoms with Gasteiger partial charge < -0.3 is 4.74 Å². The molecule has 8 heteroatoms. The summed E-state index contributed by atoms with van der Waals surface area (Å²) in [4.78, 5) is 15.5. The quantitative estimate of drug-likeness (QED) is 0.525. The van der Waals surface area contributed by atoms with Crippen molar-refractivity contribution in [2.45, 2.75) is 12.1 Å². The SMILES string of the molecule is CCOC(=O)CSc1nnc2ccc(-c3cccnc3)nn12. The maximum atomic E-state index is 11.4. The zero-order valence-corrected chi connectivity index (χ0v) is 12.7. The van der Waals surface area contributed by atoms with Crippen LogP contribution < -0.4 is 0 Å². The van der Waals surface area contributed by atoms with Crippen molar-refractivity contribution >= 4 is 23.4 Å². The number of nitrogens with zero attached hydrogens (tertiary/aromatic N) is 5. The Morgan fingerprint density at radius 1 is 1.32 bits per heavy atom. The number of carbonyl (C=O) groups is 1. The summed E-state index contributed by atoms with van der Waals surface area (Å²) in [5.41, 5.74) is 2.29. The summed E-state index contributed by atoms with van der Waals surface area (Å²) >= 11 is 1.25. The van der Waals surface area contributed by atoms with Gasteiger partial charge in [-0.2, -0.15) is 9.61 Å². The number of pyridine rings is 1. The Morgan fingerprint density at radius 2 is 2.23 bits per heavy atom. The van der Waals surface area contributed by atoms with Gasteiger partial charge in [-0.05, 0) is 31.2 Å². The predicted octanol–water partition coefficient (Wildman–Crippen LogP) is 1.84. The van der Waals surface area contributed by atoms with E-state index < -0.39 is 0 Å². The van der Waals surface area contributed by atoms with Crippen molar-refractivity contribution < 1.29 is 9.53 Å². The smallest absolute Gasteiger partial charge is 0.316 e. The Hall–Kier alpha value is -2.48. The van der Waals surface area contributed by atoms with E-state index in [2.05, 4.69) is 20.3 Å². The zero-order chi connectivity index (χ0) is 15.4. The van der Waals surface area contributed by atoms with Gasteiger partial charge in [0.15, 0.2) is 5.65 Å². The number of hydrogen-bond donors (Lipinski definition) is 0. The maximum Gasteiger partial charge on any atom is 0.316 e. The third-order valence-electron chi connectivity index (χ3n) is 2.82. The molecule has 0 atom stereocenters. The molecule has 3 aromatic rings. The number of aromatic nitrogens is 5. The second-order valence-electron chi connectivity index (χ2n) is 4.31. The van der Waals surface area contributed by atoms with Crippen molar-refractivity contribution in [3.05, 3.63) is 36.7 Å². The fourth-order valence-electron chi connectivity index (χ4n) is 1.85. The second-order valence-corrected chi connectivity index (χ2v) is 5.25. The summed E-state index contributed by atoms with van der Waals surface area (Å²) in [5.74, 6) is -0.111. The van der Waals surface area contributed by atoms with Crippen LogP contribution in [0.3, 0.4) is 0 Å². The molecule has 3 aromatic heterocycles. The minimum Gasteiger partial charge on any atom is -0.465 e. The molecule has 0 spiro atoms. The van der Waals surface area contributed by atoms with Crippen molar-refractivity contribution in [2.24, 2.45) is 0 Å². The number of thioether (sulfide) groups is 1. The van der Waals surface area contributed by atoms with Crippen LogP contribution in [0.1, 0.15) is 6.92 Å². The first kappa shape index (κ1) is 14.5. The highest BCUT2D eigenvalue weighted by molar-refractivity contribution is 7.99. The lowest BCUT2D eigenvalue weighted by Crippen LogP contribution is -2.07. The molecule has 0 aliphatic heterocycles. The minimum atomic E-state index is -0.285. The fourth-order valence-corrected chi connectivity index (χ4v) is 2.54. The summed E-state index contributed by atoms with van der Waals surface area (Å²) in [6, 6.07) is 7.47. The summed E-state index contributed by atoms with van der Waals surface area (Å²) in [6.45, 7) is 2.14. The first-order valence-electron chi connectivity index (χ1n) is 6.69. The van der Waals surface area contributed by atoms with Crippen molar-refractivity contribution in [3.8, 4) is 11.3 Å². The average molecular weight is 315 g/mol. The molecule has 0 saturated carbocycles. The Bertz CT molecular complexity index is 790. The van der Waals surface area contributed by atoms with Gasteiger partial charge in [0.2, 0.25) is 5.16 Å². The van der Waals surface area contributed by atoms with E-state index in [1.54, 1.807) is 23.8 Å². The van der Waals surface area contributed by atoms with Crippen molar-refractivity contribution in [1.29, 1.82) is 0 Å². The van der Waals surface area contributed by atoms with Crippen molar-refractivity contribution in [2.75, 3.05) is 12.4 Å². The molecular formula is C14H13N5O2S. The number of ether oxygens (including phenoxy) is 1. The molecule has 0 unspecified atom stereocenters. The van der Waals surface area contributed by atoms with E-state index in [0.717, 1.165) is 11.3 Å².